The van der Waals surface area contributed by atoms with Crippen LogP contribution in [0.4, 0.5) is 0 Å². The SMILES string of the molecule is CC1NC(COP)Cc2[c-]cccc21.[Y]. The van der Waals surface area contributed by atoms with Crippen molar-refractivity contribution in [2.24, 2.45) is 0 Å². The van der Waals surface area contributed by atoms with E-state index < -0.39 is 0 Å². The molecule has 1 aromatic carbocycles. The van der Waals surface area contributed by atoms with Crippen molar-refractivity contribution in [1.82, 2.24) is 5.32 Å². The molecule has 1 N–H and O–H groups in total. The molecule has 0 saturated heterocycles. The van der Waals surface area contributed by atoms with Crippen LogP contribution in [0.1, 0.15) is 24.1 Å². The first kappa shape index (κ1) is 13.7. The van der Waals surface area contributed by atoms with Gasteiger partial charge in [-0.3, -0.25) is 0 Å². The van der Waals surface area contributed by atoms with Gasteiger partial charge in [-0.15, -0.1) is 5.56 Å². The first-order valence-electron chi connectivity index (χ1n) is 4.88. The molecule has 0 aliphatic carbocycles. The number of nitrogens with one attached hydrogen (secondary N) is 1. The molecule has 2 nitrogen and oxygen atoms in total. The van der Waals surface area contributed by atoms with Crippen LogP contribution in [0.15, 0.2) is 18.2 Å². The largest absolute Gasteiger partial charge is 0.364 e. The van der Waals surface area contributed by atoms with Crippen LogP contribution in [-0.4, -0.2) is 12.6 Å². The van der Waals surface area contributed by atoms with Gasteiger partial charge in [-0.1, -0.05) is 6.92 Å². The molecular formula is C11H15NOPY-. The van der Waals surface area contributed by atoms with E-state index >= 15 is 0 Å². The third-order valence-corrected chi connectivity index (χ3v) is 2.87. The van der Waals surface area contributed by atoms with Crippen molar-refractivity contribution in [2.45, 2.75) is 25.4 Å². The Labute approximate surface area is 119 Å². The number of benzene rings is 1. The summed E-state index contributed by atoms with van der Waals surface area (Å²) in [5, 5.41) is 3.52. The summed E-state index contributed by atoms with van der Waals surface area (Å²) in [6, 6.07) is 10.3. The van der Waals surface area contributed by atoms with Crippen LogP contribution in [-0.2, 0) is 43.7 Å². The van der Waals surface area contributed by atoms with E-state index in [9.17, 15) is 0 Å². The zero-order valence-corrected chi connectivity index (χ0v) is 12.9. The Morgan fingerprint density at radius 2 is 2.47 bits per heavy atom. The fraction of sp³-hybridized carbons (Fsp3) is 0.455. The van der Waals surface area contributed by atoms with E-state index in [1.165, 1.54) is 11.1 Å². The Morgan fingerprint density at radius 3 is 3.20 bits per heavy atom. The van der Waals surface area contributed by atoms with Gasteiger partial charge in [0.2, 0.25) is 0 Å². The fourth-order valence-corrected chi connectivity index (χ4v) is 2.27. The smallest absolute Gasteiger partial charge is 0.0657 e. The van der Waals surface area contributed by atoms with Crippen molar-refractivity contribution in [2.75, 3.05) is 6.61 Å². The normalized spacial score (nSPS) is 24.1. The summed E-state index contributed by atoms with van der Waals surface area (Å²) in [6.45, 7) is 2.92. The molecule has 1 heterocycles. The molecule has 79 valence electrons. The quantitative estimate of drug-likeness (QED) is 0.664. The van der Waals surface area contributed by atoms with Crippen molar-refractivity contribution in [3.63, 3.8) is 0 Å². The monoisotopic (exact) mass is 297 g/mol. The molecule has 1 aliphatic rings. The first-order chi connectivity index (χ1) is 6.81. The summed E-state index contributed by atoms with van der Waals surface area (Å²) in [7, 11) is 2.30. The van der Waals surface area contributed by atoms with E-state index in [2.05, 4.69) is 33.8 Å². The van der Waals surface area contributed by atoms with Crippen LogP contribution in [0.3, 0.4) is 0 Å². The van der Waals surface area contributed by atoms with Crippen LogP contribution in [0.5, 0.6) is 0 Å². The molecule has 15 heavy (non-hydrogen) atoms. The predicted octanol–water partition coefficient (Wildman–Crippen LogP) is 1.87. The molecule has 0 saturated carbocycles. The average Bonchev–Trinajstić information content (AvgIpc) is 2.18. The zero-order valence-electron chi connectivity index (χ0n) is 8.86. The summed E-state index contributed by atoms with van der Waals surface area (Å²) >= 11 is 0. The van der Waals surface area contributed by atoms with Crippen LogP contribution >= 0.6 is 9.47 Å². The molecule has 3 atom stereocenters. The minimum atomic E-state index is 0. The van der Waals surface area contributed by atoms with Crippen LogP contribution in [0, 0.1) is 6.07 Å². The van der Waals surface area contributed by atoms with Gasteiger partial charge in [-0.2, -0.15) is 29.8 Å². The predicted molar refractivity (Wildman–Crippen MR) is 60.0 cm³/mol. The molecule has 0 bridgehead atoms. The summed E-state index contributed by atoms with van der Waals surface area (Å²) in [5.74, 6) is 0. The summed E-state index contributed by atoms with van der Waals surface area (Å²) in [5.41, 5.74) is 2.69. The third-order valence-electron chi connectivity index (χ3n) is 2.68. The molecule has 2 rings (SSSR count). The number of rotatable bonds is 2. The fourth-order valence-electron chi connectivity index (χ4n) is 2.04. The van der Waals surface area contributed by atoms with Crippen LogP contribution < -0.4 is 5.32 Å². The van der Waals surface area contributed by atoms with Gasteiger partial charge in [0.15, 0.2) is 0 Å². The Kier molecular flexibility index (Phi) is 5.88. The zero-order chi connectivity index (χ0) is 9.97. The maximum atomic E-state index is 5.08. The van der Waals surface area contributed by atoms with Crippen molar-refractivity contribution in [3.05, 3.63) is 35.4 Å². The Morgan fingerprint density at radius 1 is 1.67 bits per heavy atom. The summed E-state index contributed by atoms with van der Waals surface area (Å²) < 4.78 is 5.08. The minimum absolute atomic E-state index is 0. The second-order valence-corrected chi connectivity index (χ2v) is 4.06. The molecule has 1 aromatic rings. The first-order valence-corrected chi connectivity index (χ1v) is 5.35. The van der Waals surface area contributed by atoms with Crippen molar-refractivity contribution in [1.29, 1.82) is 0 Å². The van der Waals surface area contributed by atoms with Gasteiger partial charge in [0, 0.05) is 48.2 Å². The second-order valence-electron chi connectivity index (χ2n) is 3.73. The molecule has 0 spiro atoms. The topological polar surface area (TPSA) is 21.3 Å². The Balaban J connectivity index is 0.00000112. The molecule has 3 unspecified atom stereocenters. The maximum Gasteiger partial charge on any atom is 0.0657 e. The van der Waals surface area contributed by atoms with Crippen molar-refractivity contribution >= 4 is 9.47 Å². The molecule has 1 radical (unpaired) electrons. The number of hydrogen-bond acceptors (Lipinski definition) is 2. The third kappa shape index (κ3) is 3.31. The van der Waals surface area contributed by atoms with Crippen LogP contribution in [0.25, 0.3) is 0 Å². The number of fused-ring (bicyclic) bond motifs is 1. The van der Waals surface area contributed by atoms with Crippen molar-refractivity contribution in [3.8, 4) is 0 Å². The molecule has 4 heteroatoms. The average molecular weight is 297 g/mol. The van der Waals surface area contributed by atoms with Gasteiger partial charge in [0.05, 0.1) is 6.61 Å². The Hall–Kier alpha value is 0.674. The summed E-state index contributed by atoms with van der Waals surface area (Å²) in [6.07, 6.45) is 1.01. The van der Waals surface area contributed by atoms with E-state index in [1.54, 1.807) is 0 Å². The van der Waals surface area contributed by atoms with E-state index in [1.807, 2.05) is 12.1 Å². The Bertz CT molecular complexity index is 321. The van der Waals surface area contributed by atoms with E-state index in [0.29, 0.717) is 12.1 Å². The van der Waals surface area contributed by atoms with E-state index in [4.69, 9.17) is 4.52 Å². The molecule has 0 aromatic heterocycles. The van der Waals surface area contributed by atoms with Gasteiger partial charge in [-0.05, 0) is 12.5 Å². The minimum Gasteiger partial charge on any atom is -0.364 e. The summed E-state index contributed by atoms with van der Waals surface area (Å²) in [4.78, 5) is 0. The van der Waals surface area contributed by atoms with Crippen molar-refractivity contribution < 1.29 is 37.2 Å². The molecular weight excluding hydrogens is 282 g/mol. The van der Waals surface area contributed by atoms with Gasteiger partial charge in [0.25, 0.3) is 0 Å². The standard InChI is InChI=1S/C11H15NOP.Y/c1-8-11-5-3-2-4-9(11)6-10(12-8)7-13-14;/h2-3,5,8,10,12H,6-7,14H2,1H3;/q-1;. The molecule has 0 amide bonds. The van der Waals surface area contributed by atoms with Crippen LogP contribution in [0.2, 0.25) is 0 Å². The van der Waals surface area contributed by atoms with E-state index in [-0.39, 0.29) is 32.7 Å². The molecule has 0 fully saturated rings. The van der Waals surface area contributed by atoms with Gasteiger partial charge in [0.1, 0.15) is 0 Å². The number of hydrogen-bond donors (Lipinski definition) is 1. The van der Waals surface area contributed by atoms with E-state index in [0.717, 1.165) is 13.0 Å². The van der Waals surface area contributed by atoms with Gasteiger partial charge >= 0.3 is 0 Å². The maximum absolute atomic E-state index is 5.08. The molecule has 1 aliphatic heterocycles. The van der Waals surface area contributed by atoms with Gasteiger partial charge in [-0.25, -0.2) is 0 Å². The van der Waals surface area contributed by atoms with Gasteiger partial charge < -0.3 is 9.84 Å². The second kappa shape index (κ2) is 6.42.